The number of rotatable bonds is 5. The Morgan fingerprint density at radius 2 is 1.70 bits per heavy atom. The maximum atomic E-state index is 13.1. The fourth-order valence-electron chi connectivity index (χ4n) is 2.49. The predicted octanol–water partition coefficient (Wildman–Crippen LogP) is 5.28. The van der Waals surface area contributed by atoms with Gasteiger partial charge in [0.2, 0.25) is 0 Å². The molecule has 0 amide bonds. The second-order valence-corrected chi connectivity index (χ2v) is 9.00. The van der Waals surface area contributed by atoms with Crippen molar-refractivity contribution in [1.29, 1.82) is 0 Å². The first-order chi connectivity index (χ1) is 12.6. The molecule has 0 saturated carbocycles. The number of hydrogen-bond acceptors (Lipinski definition) is 4. The molecule has 0 atom stereocenters. The van der Waals surface area contributed by atoms with Crippen molar-refractivity contribution >= 4 is 53.7 Å². The average Bonchev–Trinajstić information content (AvgIpc) is 2.91. The normalized spacial score (nSPS) is 12.4. The number of fused-ring (bicyclic) bond motifs is 1. The maximum absolute atomic E-state index is 13.1. The van der Waals surface area contributed by atoms with E-state index < -0.39 is 29.2 Å². The van der Waals surface area contributed by atoms with Gasteiger partial charge in [-0.1, -0.05) is 29.8 Å². The van der Waals surface area contributed by atoms with Crippen molar-refractivity contribution < 1.29 is 21.6 Å². The van der Waals surface area contributed by atoms with Crippen LogP contribution >= 0.6 is 22.9 Å². The van der Waals surface area contributed by atoms with Gasteiger partial charge in [-0.2, -0.15) is 13.2 Å². The highest BCUT2D eigenvalue weighted by Crippen LogP contribution is 2.44. The minimum absolute atomic E-state index is 0.0546. The van der Waals surface area contributed by atoms with Crippen LogP contribution in [0, 0.1) is 0 Å². The smallest absolute Gasteiger partial charge is 0.390 e. The van der Waals surface area contributed by atoms with E-state index in [1.807, 2.05) is 0 Å². The Kier molecular flexibility index (Phi) is 5.29. The van der Waals surface area contributed by atoms with Crippen LogP contribution in [0.1, 0.15) is 6.42 Å². The van der Waals surface area contributed by atoms with E-state index in [0.29, 0.717) is 15.8 Å². The fourth-order valence-corrected chi connectivity index (χ4v) is 5.79. The fraction of sp³-hybridized carbons (Fsp3) is 0.176. The van der Waals surface area contributed by atoms with Crippen LogP contribution in [0.5, 0.6) is 0 Å². The molecule has 0 unspecified atom stereocenters. The summed E-state index contributed by atoms with van der Waals surface area (Å²) in [5.41, 5.74) is 5.92. The Hall–Kier alpha value is -1.97. The molecule has 0 aliphatic carbocycles. The summed E-state index contributed by atoms with van der Waals surface area (Å²) in [6, 6.07) is 12.1. The number of alkyl halides is 3. The number of thiophene rings is 1. The van der Waals surface area contributed by atoms with Gasteiger partial charge in [0.1, 0.15) is 5.00 Å². The standard InChI is InChI=1S/C17H14ClF3N2O2S2/c18-15-13-3-1-2-4-14(13)26-16(15)23(10-9-17(19,20)21)27(24,25)12-7-5-11(22)6-8-12/h1-8H,9-10,22H2. The number of nitrogens with two attached hydrogens (primary N) is 1. The molecule has 4 nitrogen and oxygen atoms in total. The van der Waals surface area contributed by atoms with Crippen LogP contribution in [0.2, 0.25) is 5.02 Å². The number of nitrogen functional groups attached to an aromatic ring is 1. The van der Waals surface area contributed by atoms with Gasteiger partial charge in [-0.05, 0) is 30.3 Å². The van der Waals surface area contributed by atoms with Crippen LogP contribution in [0.3, 0.4) is 0 Å². The highest BCUT2D eigenvalue weighted by Gasteiger charge is 2.34. The monoisotopic (exact) mass is 434 g/mol. The zero-order chi connectivity index (χ0) is 19.8. The summed E-state index contributed by atoms with van der Waals surface area (Å²) in [7, 11) is -4.26. The molecule has 27 heavy (non-hydrogen) atoms. The highest BCUT2D eigenvalue weighted by atomic mass is 35.5. The summed E-state index contributed by atoms with van der Waals surface area (Å²) >= 11 is 7.35. The highest BCUT2D eigenvalue weighted by molar-refractivity contribution is 7.93. The third kappa shape index (κ3) is 4.15. The first kappa shape index (κ1) is 19.8. The van der Waals surface area contributed by atoms with Crippen molar-refractivity contribution in [1.82, 2.24) is 0 Å². The van der Waals surface area contributed by atoms with Crippen LogP contribution in [0.25, 0.3) is 10.1 Å². The molecule has 0 aliphatic heterocycles. The second kappa shape index (κ2) is 7.21. The van der Waals surface area contributed by atoms with Gasteiger partial charge in [-0.3, -0.25) is 4.31 Å². The van der Waals surface area contributed by atoms with Gasteiger partial charge >= 0.3 is 6.18 Å². The van der Waals surface area contributed by atoms with Crippen LogP contribution in [-0.4, -0.2) is 21.1 Å². The Balaban J connectivity index is 2.12. The van der Waals surface area contributed by atoms with Crippen LogP contribution in [0.4, 0.5) is 23.9 Å². The molecule has 1 aromatic heterocycles. The first-order valence-electron chi connectivity index (χ1n) is 7.71. The maximum Gasteiger partial charge on any atom is 0.390 e. The summed E-state index contributed by atoms with van der Waals surface area (Å²) < 4.78 is 66.0. The average molecular weight is 435 g/mol. The summed E-state index contributed by atoms with van der Waals surface area (Å²) in [6.07, 6.45) is -5.82. The minimum Gasteiger partial charge on any atom is -0.399 e. The van der Waals surface area contributed by atoms with Gasteiger partial charge in [0.15, 0.2) is 0 Å². The summed E-state index contributed by atoms with van der Waals surface area (Å²) in [5.74, 6) is 0. The second-order valence-electron chi connectivity index (χ2n) is 5.73. The zero-order valence-electron chi connectivity index (χ0n) is 13.7. The quantitative estimate of drug-likeness (QED) is 0.555. The lowest BCUT2D eigenvalue weighted by Crippen LogP contribution is -2.34. The van der Waals surface area contributed by atoms with E-state index in [0.717, 1.165) is 15.6 Å². The molecule has 0 saturated heterocycles. The van der Waals surface area contributed by atoms with Crippen LogP contribution in [-0.2, 0) is 10.0 Å². The summed E-state index contributed by atoms with van der Waals surface area (Å²) in [5, 5.41) is 0.749. The molecule has 2 aromatic carbocycles. The topological polar surface area (TPSA) is 63.4 Å². The van der Waals surface area contributed by atoms with Crippen molar-refractivity contribution in [2.75, 3.05) is 16.6 Å². The number of hydrogen-bond donors (Lipinski definition) is 1. The van der Waals surface area contributed by atoms with Crippen LogP contribution < -0.4 is 10.0 Å². The number of sulfonamides is 1. The zero-order valence-corrected chi connectivity index (χ0v) is 16.1. The predicted molar refractivity (Wildman–Crippen MR) is 103 cm³/mol. The minimum atomic E-state index is -4.52. The lowest BCUT2D eigenvalue weighted by Gasteiger charge is -2.24. The van der Waals surface area contributed by atoms with E-state index in [2.05, 4.69) is 0 Å². The van der Waals surface area contributed by atoms with E-state index in [1.165, 1.54) is 24.3 Å². The molecular formula is C17H14ClF3N2O2S2. The number of benzene rings is 2. The van der Waals surface area contributed by atoms with Crippen molar-refractivity contribution in [3.05, 3.63) is 53.6 Å². The SMILES string of the molecule is Nc1ccc(S(=O)(=O)N(CCC(F)(F)F)c2sc3ccccc3c2Cl)cc1. The molecule has 3 rings (SSSR count). The first-order valence-corrected chi connectivity index (χ1v) is 10.3. The summed E-state index contributed by atoms with van der Waals surface area (Å²) in [4.78, 5) is -0.160. The summed E-state index contributed by atoms with van der Waals surface area (Å²) in [6.45, 7) is -0.775. The molecule has 10 heteroatoms. The van der Waals surface area contributed by atoms with E-state index in [1.54, 1.807) is 24.3 Å². The third-order valence-corrected chi connectivity index (χ3v) is 7.43. The van der Waals surface area contributed by atoms with E-state index in [9.17, 15) is 21.6 Å². The number of halogens is 4. The molecule has 3 aromatic rings. The van der Waals surface area contributed by atoms with Crippen molar-refractivity contribution in [2.24, 2.45) is 0 Å². The van der Waals surface area contributed by atoms with Gasteiger partial charge in [0, 0.05) is 22.3 Å². The van der Waals surface area contributed by atoms with Crippen molar-refractivity contribution in [3.8, 4) is 0 Å². The molecule has 0 aliphatic rings. The van der Waals surface area contributed by atoms with E-state index in [4.69, 9.17) is 17.3 Å². The molecule has 0 fully saturated rings. The van der Waals surface area contributed by atoms with Crippen LogP contribution in [0.15, 0.2) is 53.4 Å². The van der Waals surface area contributed by atoms with Gasteiger partial charge in [0.25, 0.3) is 10.0 Å². The number of nitrogens with zero attached hydrogens (tertiary/aromatic N) is 1. The van der Waals surface area contributed by atoms with Crippen molar-refractivity contribution in [2.45, 2.75) is 17.5 Å². The van der Waals surface area contributed by atoms with Gasteiger partial charge in [-0.15, -0.1) is 11.3 Å². The molecule has 1 heterocycles. The van der Waals surface area contributed by atoms with Gasteiger partial charge in [-0.25, -0.2) is 8.42 Å². The van der Waals surface area contributed by atoms with E-state index >= 15 is 0 Å². The van der Waals surface area contributed by atoms with Gasteiger partial charge < -0.3 is 5.73 Å². The third-order valence-electron chi connectivity index (χ3n) is 3.81. The lowest BCUT2D eigenvalue weighted by molar-refractivity contribution is -0.131. The molecule has 0 radical (unpaired) electrons. The van der Waals surface area contributed by atoms with Crippen molar-refractivity contribution in [3.63, 3.8) is 0 Å². The molecular weight excluding hydrogens is 421 g/mol. The Morgan fingerprint density at radius 1 is 1.07 bits per heavy atom. The molecule has 0 bridgehead atoms. The van der Waals surface area contributed by atoms with E-state index in [-0.39, 0.29) is 14.9 Å². The Labute approximate surface area is 163 Å². The Morgan fingerprint density at radius 3 is 2.30 bits per heavy atom. The molecule has 2 N–H and O–H groups in total. The Bertz CT molecular complexity index is 1060. The molecule has 144 valence electrons. The lowest BCUT2D eigenvalue weighted by atomic mass is 10.3. The largest absolute Gasteiger partial charge is 0.399 e. The van der Waals surface area contributed by atoms with Gasteiger partial charge in [0.05, 0.1) is 16.3 Å². The number of anilines is 2. The molecule has 0 spiro atoms.